The van der Waals surface area contributed by atoms with Gasteiger partial charge in [-0.3, -0.25) is 0 Å². The van der Waals surface area contributed by atoms with Gasteiger partial charge in [-0.15, -0.1) is 11.3 Å². The lowest BCUT2D eigenvalue weighted by Crippen LogP contribution is -2.34. The van der Waals surface area contributed by atoms with Gasteiger partial charge in [0, 0.05) is 23.5 Å². The fourth-order valence-corrected chi connectivity index (χ4v) is 4.96. The van der Waals surface area contributed by atoms with Crippen molar-refractivity contribution >= 4 is 21.4 Å². The Hall–Kier alpha value is -0.430. The molecule has 0 radical (unpaired) electrons. The van der Waals surface area contributed by atoms with Crippen LogP contribution in [0.25, 0.3) is 0 Å². The second kappa shape index (κ2) is 6.56. The molecule has 0 spiro atoms. The van der Waals surface area contributed by atoms with Crippen molar-refractivity contribution in [3.63, 3.8) is 0 Å². The topological polar surface area (TPSA) is 58.2 Å². The number of nitrogens with one attached hydrogen (secondary N) is 2. The van der Waals surface area contributed by atoms with E-state index in [0.29, 0.717) is 23.4 Å². The van der Waals surface area contributed by atoms with E-state index in [1.54, 1.807) is 6.07 Å². The first kappa shape index (κ1) is 15.9. The van der Waals surface area contributed by atoms with Crippen molar-refractivity contribution in [2.24, 2.45) is 5.92 Å². The molecule has 1 aliphatic carbocycles. The zero-order chi connectivity index (χ0) is 14.8. The molecule has 1 fully saturated rings. The van der Waals surface area contributed by atoms with Crippen LogP contribution in [0, 0.1) is 5.92 Å². The molecule has 4 nitrogen and oxygen atoms in total. The van der Waals surface area contributed by atoms with Crippen molar-refractivity contribution in [1.82, 2.24) is 10.0 Å². The van der Waals surface area contributed by atoms with E-state index in [1.165, 1.54) is 24.2 Å². The smallest absolute Gasteiger partial charge is 0.241 e. The highest BCUT2D eigenvalue weighted by Crippen LogP contribution is 2.25. The molecule has 2 N–H and O–H groups in total. The first-order valence-corrected chi connectivity index (χ1v) is 9.57. The highest BCUT2D eigenvalue weighted by molar-refractivity contribution is 7.89. The Balaban J connectivity index is 2.02. The van der Waals surface area contributed by atoms with E-state index in [2.05, 4.69) is 23.9 Å². The maximum absolute atomic E-state index is 12.4. The zero-order valence-corrected chi connectivity index (χ0v) is 14.0. The summed E-state index contributed by atoms with van der Waals surface area (Å²) in [5.41, 5.74) is 0. The quantitative estimate of drug-likeness (QED) is 0.775. The van der Waals surface area contributed by atoms with E-state index in [-0.39, 0.29) is 6.04 Å². The summed E-state index contributed by atoms with van der Waals surface area (Å²) in [4.78, 5) is 1.34. The predicted molar refractivity (Wildman–Crippen MR) is 83.4 cm³/mol. The third kappa shape index (κ3) is 4.55. The van der Waals surface area contributed by atoms with E-state index in [1.807, 2.05) is 12.3 Å². The van der Waals surface area contributed by atoms with Crippen molar-refractivity contribution < 1.29 is 8.42 Å². The molecule has 6 heteroatoms. The Bertz CT molecular complexity index is 533. The molecule has 1 aromatic heterocycles. The summed E-state index contributed by atoms with van der Waals surface area (Å²) >= 11 is 1.51. The van der Waals surface area contributed by atoms with Crippen LogP contribution < -0.4 is 10.0 Å². The molecule has 0 aromatic carbocycles. The van der Waals surface area contributed by atoms with E-state index in [4.69, 9.17) is 0 Å². The summed E-state index contributed by atoms with van der Waals surface area (Å²) in [6, 6.07) is 2.25. The first-order valence-electron chi connectivity index (χ1n) is 7.20. The molecule has 0 saturated heterocycles. The third-order valence-electron chi connectivity index (χ3n) is 3.30. The van der Waals surface area contributed by atoms with Crippen LogP contribution in [0.5, 0.6) is 0 Å². The van der Waals surface area contributed by atoms with Gasteiger partial charge in [0.1, 0.15) is 0 Å². The van der Waals surface area contributed by atoms with E-state index < -0.39 is 10.0 Å². The van der Waals surface area contributed by atoms with Gasteiger partial charge in [-0.2, -0.15) is 0 Å². The Morgan fingerprint density at radius 1 is 1.35 bits per heavy atom. The number of sulfonamides is 1. The van der Waals surface area contributed by atoms with Gasteiger partial charge in [-0.1, -0.05) is 13.8 Å². The number of hydrogen-bond acceptors (Lipinski definition) is 4. The SMILES string of the molecule is CC(C)CC(C)NS(=O)(=O)c1ccsc1CNC1CC1. The average Bonchev–Trinajstić information content (AvgIpc) is 3.00. The van der Waals surface area contributed by atoms with Crippen LogP contribution in [-0.2, 0) is 16.6 Å². The predicted octanol–water partition coefficient (Wildman–Crippen LogP) is 2.71. The van der Waals surface area contributed by atoms with Crippen LogP contribution in [0.2, 0.25) is 0 Å². The summed E-state index contributed by atoms with van der Waals surface area (Å²) in [6.07, 6.45) is 3.26. The molecular weight excluding hydrogens is 292 g/mol. The van der Waals surface area contributed by atoms with Crippen molar-refractivity contribution in [3.8, 4) is 0 Å². The maximum atomic E-state index is 12.4. The van der Waals surface area contributed by atoms with Crippen molar-refractivity contribution in [3.05, 3.63) is 16.3 Å². The molecule has 1 atom stereocenters. The number of hydrogen-bond donors (Lipinski definition) is 2. The lowest BCUT2D eigenvalue weighted by Gasteiger charge is -2.16. The Morgan fingerprint density at radius 3 is 2.65 bits per heavy atom. The minimum Gasteiger partial charge on any atom is -0.309 e. The summed E-state index contributed by atoms with van der Waals surface area (Å²) < 4.78 is 27.7. The molecule has 1 aromatic rings. The zero-order valence-electron chi connectivity index (χ0n) is 12.3. The molecule has 1 heterocycles. The Labute approximate surface area is 126 Å². The Kier molecular flexibility index (Phi) is 5.23. The third-order valence-corrected chi connectivity index (χ3v) is 6.03. The van der Waals surface area contributed by atoms with Crippen LogP contribution >= 0.6 is 11.3 Å². The monoisotopic (exact) mass is 316 g/mol. The standard InChI is InChI=1S/C14H24N2O2S2/c1-10(2)8-11(3)16-20(17,18)14-6-7-19-13(14)9-15-12-4-5-12/h6-7,10-12,15-16H,4-5,8-9H2,1-3H3. The molecule has 1 aliphatic rings. The normalized spacial score (nSPS) is 17.6. The van der Waals surface area contributed by atoms with Gasteiger partial charge < -0.3 is 5.32 Å². The van der Waals surface area contributed by atoms with Gasteiger partial charge in [-0.05, 0) is 43.6 Å². The van der Waals surface area contributed by atoms with Gasteiger partial charge in [0.25, 0.3) is 0 Å². The summed E-state index contributed by atoms with van der Waals surface area (Å²) in [6.45, 7) is 6.77. The summed E-state index contributed by atoms with van der Waals surface area (Å²) in [7, 11) is -3.40. The summed E-state index contributed by atoms with van der Waals surface area (Å²) in [5.74, 6) is 0.478. The van der Waals surface area contributed by atoms with Crippen molar-refractivity contribution in [2.75, 3.05) is 0 Å². The van der Waals surface area contributed by atoms with Gasteiger partial charge in [0.05, 0.1) is 4.90 Å². The molecular formula is C14H24N2O2S2. The van der Waals surface area contributed by atoms with Crippen LogP contribution in [0.4, 0.5) is 0 Å². The minimum absolute atomic E-state index is 0.0378. The first-order chi connectivity index (χ1) is 9.38. The van der Waals surface area contributed by atoms with Crippen molar-refractivity contribution in [2.45, 2.75) is 63.6 Å². The molecule has 2 rings (SSSR count). The van der Waals surface area contributed by atoms with Gasteiger partial charge in [0.2, 0.25) is 10.0 Å². The fourth-order valence-electron chi connectivity index (χ4n) is 2.31. The minimum atomic E-state index is -3.40. The molecule has 20 heavy (non-hydrogen) atoms. The van der Waals surface area contributed by atoms with Crippen LogP contribution in [-0.4, -0.2) is 20.5 Å². The van der Waals surface area contributed by atoms with E-state index in [0.717, 1.165) is 11.3 Å². The van der Waals surface area contributed by atoms with Crippen LogP contribution in [0.3, 0.4) is 0 Å². The van der Waals surface area contributed by atoms with Crippen LogP contribution in [0.1, 0.15) is 44.9 Å². The summed E-state index contributed by atoms with van der Waals surface area (Å²) in [5, 5.41) is 5.23. The largest absolute Gasteiger partial charge is 0.309 e. The molecule has 0 amide bonds. The maximum Gasteiger partial charge on any atom is 0.241 e. The fraction of sp³-hybridized carbons (Fsp3) is 0.714. The average molecular weight is 316 g/mol. The van der Waals surface area contributed by atoms with Crippen LogP contribution in [0.15, 0.2) is 16.3 Å². The Morgan fingerprint density at radius 2 is 2.05 bits per heavy atom. The molecule has 114 valence electrons. The van der Waals surface area contributed by atoms with Gasteiger partial charge in [0.15, 0.2) is 0 Å². The second-order valence-corrected chi connectivity index (χ2v) is 8.70. The van der Waals surface area contributed by atoms with Gasteiger partial charge >= 0.3 is 0 Å². The molecule has 1 saturated carbocycles. The van der Waals surface area contributed by atoms with E-state index >= 15 is 0 Å². The second-order valence-electron chi connectivity index (χ2n) is 6.02. The van der Waals surface area contributed by atoms with Gasteiger partial charge in [-0.25, -0.2) is 13.1 Å². The lowest BCUT2D eigenvalue weighted by atomic mass is 10.1. The highest BCUT2D eigenvalue weighted by atomic mass is 32.2. The van der Waals surface area contributed by atoms with E-state index in [9.17, 15) is 8.42 Å². The highest BCUT2D eigenvalue weighted by Gasteiger charge is 2.25. The number of thiophene rings is 1. The molecule has 0 bridgehead atoms. The molecule has 1 unspecified atom stereocenters. The van der Waals surface area contributed by atoms with Crippen molar-refractivity contribution in [1.29, 1.82) is 0 Å². The number of rotatable bonds is 8. The lowest BCUT2D eigenvalue weighted by molar-refractivity contribution is 0.482. The molecule has 0 aliphatic heterocycles.